The van der Waals surface area contributed by atoms with Gasteiger partial charge in [0.25, 0.3) is 0 Å². The minimum Gasteiger partial charge on any atom is -0.481 e. The Morgan fingerprint density at radius 1 is 1.31 bits per heavy atom. The number of rotatable bonds is 8. The molecule has 6 heteroatoms. The van der Waals surface area contributed by atoms with Crippen LogP contribution in [0.1, 0.15) is 39.0 Å². The Labute approximate surface area is 94.2 Å². The van der Waals surface area contributed by atoms with Crippen molar-refractivity contribution < 1.29 is 19.5 Å². The molecule has 0 aliphatic heterocycles. The van der Waals surface area contributed by atoms with Crippen molar-refractivity contribution in [1.29, 1.82) is 0 Å². The van der Waals surface area contributed by atoms with Crippen molar-refractivity contribution in [1.82, 2.24) is 5.32 Å². The largest absolute Gasteiger partial charge is 0.481 e. The monoisotopic (exact) mass is 230 g/mol. The number of amides is 2. The second kappa shape index (κ2) is 7.67. The number of carboxylic acid groups (broad SMARTS) is 1. The first-order valence-electron chi connectivity index (χ1n) is 5.27. The third-order valence-electron chi connectivity index (χ3n) is 2.08. The fourth-order valence-corrected chi connectivity index (χ4v) is 1.16. The molecule has 0 bridgehead atoms. The van der Waals surface area contributed by atoms with Crippen molar-refractivity contribution in [2.45, 2.75) is 45.1 Å². The molecule has 1 unspecified atom stereocenters. The van der Waals surface area contributed by atoms with Crippen LogP contribution < -0.4 is 11.1 Å². The SMILES string of the molecule is CCCCC(=O)NC(CCC(=O)O)C(N)=O. The second-order valence-electron chi connectivity index (χ2n) is 3.56. The Bertz CT molecular complexity index is 266. The highest BCUT2D eigenvalue weighted by atomic mass is 16.4. The summed E-state index contributed by atoms with van der Waals surface area (Å²) in [4.78, 5) is 32.6. The highest BCUT2D eigenvalue weighted by Gasteiger charge is 2.18. The number of hydrogen-bond acceptors (Lipinski definition) is 3. The van der Waals surface area contributed by atoms with Crippen LogP contribution in [0.4, 0.5) is 0 Å². The molecule has 4 N–H and O–H groups in total. The molecule has 92 valence electrons. The van der Waals surface area contributed by atoms with Gasteiger partial charge in [-0.1, -0.05) is 13.3 Å². The van der Waals surface area contributed by atoms with Gasteiger partial charge >= 0.3 is 5.97 Å². The van der Waals surface area contributed by atoms with Crippen LogP contribution in [0.15, 0.2) is 0 Å². The molecule has 6 nitrogen and oxygen atoms in total. The molecule has 0 saturated heterocycles. The molecule has 0 radical (unpaired) electrons. The molecule has 0 aromatic heterocycles. The fourth-order valence-electron chi connectivity index (χ4n) is 1.16. The summed E-state index contributed by atoms with van der Waals surface area (Å²) in [5, 5.41) is 10.9. The Hall–Kier alpha value is -1.59. The van der Waals surface area contributed by atoms with Gasteiger partial charge in [0.1, 0.15) is 6.04 Å². The van der Waals surface area contributed by atoms with Gasteiger partial charge < -0.3 is 16.2 Å². The lowest BCUT2D eigenvalue weighted by Gasteiger charge is -2.14. The van der Waals surface area contributed by atoms with E-state index in [9.17, 15) is 14.4 Å². The summed E-state index contributed by atoms with van der Waals surface area (Å²) < 4.78 is 0. The summed E-state index contributed by atoms with van der Waals surface area (Å²) in [6.07, 6.45) is 1.78. The van der Waals surface area contributed by atoms with Crippen LogP contribution in [0.25, 0.3) is 0 Å². The van der Waals surface area contributed by atoms with Crippen LogP contribution in [0.2, 0.25) is 0 Å². The van der Waals surface area contributed by atoms with Gasteiger partial charge in [0.15, 0.2) is 0 Å². The second-order valence-corrected chi connectivity index (χ2v) is 3.56. The number of primary amides is 1. The van der Waals surface area contributed by atoms with E-state index in [4.69, 9.17) is 10.8 Å². The summed E-state index contributed by atoms with van der Waals surface area (Å²) >= 11 is 0. The molecule has 0 rings (SSSR count). The Kier molecular flexibility index (Phi) is 6.91. The van der Waals surface area contributed by atoms with Gasteiger partial charge in [-0.05, 0) is 12.8 Å². The minimum atomic E-state index is -1.02. The van der Waals surface area contributed by atoms with Gasteiger partial charge in [-0.15, -0.1) is 0 Å². The maximum Gasteiger partial charge on any atom is 0.303 e. The quantitative estimate of drug-likeness (QED) is 0.545. The van der Waals surface area contributed by atoms with Crippen molar-refractivity contribution in [2.75, 3.05) is 0 Å². The molecule has 0 aromatic rings. The number of unbranched alkanes of at least 4 members (excludes halogenated alkanes) is 1. The van der Waals surface area contributed by atoms with E-state index in [0.29, 0.717) is 6.42 Å². The van der Waals surface area contributed by atoms with E-state index in [1.165, 1.54) is 0 Å². The predicted octanol–water partition coefficient (Wildman–Crippen LogP) is 0.0115. The van der Waals surface area contributed by atoms with E-state index in [1.807, 2.05) is 6.92 Å². The molecule has 0 fully saturated rings. The van der Waals surface area contributed by atoms with Gasteiger partial charge in [-0.2, -0.15) is 0 Å². The standard InChI is InChI=1S/C10H18N2O4/c1-2-3-4-8(13)12-7(10(11)16)5-6-9(14)15/h7H,2-6H2,1H3,(H2,11,16)(H,12,13)(H,14,15). The van der Waals surface area contributed by atoms with Crippen LogP contribution in [-0.2, 0) is 14.4 Å². The number of carboxylic acids is 1. The van der Waals surface area contributed by atoms with Crippen LogP contribution in [-0.4, -0.2) is 28.9 Å². The van der Waals surface area contributed by atoms with E-state index in [-0.39, 0.29) is 18.7 Å². The summed E-state index contributed by atoms with van der Waals surface area (Å²) in [5.74, 6) is -1.99. The maximum atomic E-state index is 11.3. The summed E-state index contributed by atoms with van der Waals surface area (Å²) in [6, 6.07) is -0.888. The van der Waals surface area contributed by atoms with E-state index in [2.05, 4.69) is 5.32 Å². The van der Waals surface area contributed by atoms with Crippen LogP contribution in [0.3, 0.4) is 0 Å². The summed E-state index contributed by atoms with van der Waals surface area (Å²) in [7, 11) is 0. The van der Waals surface area contributed by atoms with Crippen molar-refractivity contribution >= 4 is 17.8 Å². The van der Waals surface area contributed by atoms with Crippen LogP contribution in [0, 0.1) is 0 Å². The molecule has 0 aliphatic carbocycles. The number of carbonyl (C=O) groups excluding carboxylic acids is 2. The van der Waals surface area contributed by atoms with E-state index in [0.717, 1.165) is 12.8 Å². The molecule has 16 heavy (non-hydrogen) atoms. The topological polar surface area (TPSA) is 109 Å². The van der Waals surface area contributed by atoms with Gasteiger partial charge in [0, 0.05) is 12.8 Å². The number of nitrogens with one attached hydrogen (secondary N) is 1. The average Bonchev–Trinajstić information content (AvgIpc) is 2.20. The molecule has 0 spiro atoms. The van der Waals surface area contributed by atoms with Gasteiger partial charge in [-0.25, -0.2) is 0 Å². The molecular weight excluding hydrogens is 212 g/mol. The fraction of sp³-hybridized carbons (Fsp3) is 0.700. The summed E-state index contributed by atoms with van der Waals surface area (Å²) in [6.45, 7) is 1.95. The van der Waals surface area contributed by atoms with Crippen molar-refractivity contribution in [3.63, 3.8) is 0 Å². The van der Waals surface area contributed by atoms with E-state index >= 15 is 0 Å². The molecule has 0 heterocycles. The first kappa shape index (κ1) is 14.4. The van der Waals surface area contributed by atoms with Crippen molar-refractivity contribution in [2.24, 2.45) is 5.73 Å². The molecular formula is C10H18N2O4. The highest BCUT2D eigenvalue weighted by molar-refractivity contribution is 5.86. The van der Waals surface area contributed by atoms with E-state index < -0.39 is 17.9 Å². The first-order chi connectivity index (χ1) is 7.47. The molecule has 2 amide bonds. The van der Waals surface area contributed by atoms with Crippen LogP contribution >= 0.6 is 0 Å². The first-order valence-corrected chi connectivity index (χ1v) is 5.27. The van der Waals surface area contributed by atoms with E-state index in [1.54, 1.807) is 0 Å². The van der Waals surface area contributed by atoms with Gasteiger partial charge in [0.2, 0.25) is 11.8 Å². The zero-order valence-electron chi connectivity index (χ0n) is 9.36. The highest BCUT2D eigenvalue weighted by Crippen LogP contribution is 2.00. The number of aliphatic carboxylic acids is 1. The smallest absolute Gasteiger partial charge is 0.303 e. The molecule has 0 saturated carbocycles. The maximum absolute atomic E-state index is 11.3. The molecule has 0 aromatic carbocycles. The lowest BCUT2D eigenvalue weighted by Crippen LogP contribution is -2.44. The molecule has 0 aliphatic rings. The molecule has 1 atom stereocenters. The zero-order valence-corrected chi connectivity index (χ0v) is 9.36. The lowest BCUT2D eigenvalue weighted by molar-refractivity contribution is -0.137. The predicted molar refractivity (Wildman–Crippen MR) is 57.5 cm³/mol. The third kappa shape index (κ3) is 6.80. The van der Waals surface area contributed by atoms with Crippen LogP contribution in [0.5, 0.6) is 0 Å². The number of hydrogen-bond donors (Lipinski definition) is 3. The average molecular weight is 230 g/mol. The Morgan fingerprint density at radius 3 is 2.38 bits per heavy atom. The summed E-state index contributed by atoms with van der Waals surface area (Å²) in [5.41, 5.74) is 5.05. The number of nitrogens with two attached hydrogens (primary N) is 1. The Morgan fingerprint density at radius 2 is 1.94 bits per heavy atom. The minimum absolute atomic E-state index is 0.0303. The zero-order chi connectivity index (χ0) is 12.6. The number of carbonyl (C=O) groups is 3. The van der Waals surface area contributed by atoms with Crippen molar-refractivity contribution in [3.05, 3.63) is 0 Å². The van der Waals surface area contributed by atoms with Gasteiger partial charge in [0.05, 0.1) is 0 Å². The van der Waals surface area contributed by atoms with Crippen molar-refractivity contribution in [3.8, 4) is 0 Å². The Balaban J connectivity index is 4.07. The van der Waals surface area contributed by atoms with Gasteiger partial charge in [-0.3, -0.25) is 14.4 Å². The normalized spacial score (nSPS) is 11.8. The third-order valence-corrected chi connectivity index (χ3v) is 2.08. The lowest BCUT2D eigenvalue weighted by atomic mass is 10.1.